The Labute approximate surface area is 97.2 Å². The molecule has 1 aromatic carbocycles. The highest BCUT2D eigenvalue weighted by Gasteiger charge is 2.06. The normalized spacial score (nSPS) is 10.2. The van der Waals surface area contributed by atoms with Crippen molar-refractivity contribution < 1.29 is 9.53 Å². The Kier molecular flexibility index (Phi) is 2.99. The highest BCUT2D eigenvalue weighted by molar-refractivity contribution is 5.89. The van der Waals surface area contributed by atoms with Crippen molar-refractivity contribution in [2.45, 2.75) is 6.54 Å². The second-order valence-corrected chi connectivity index (χ2v) is 3.38. The minimum absolute atomic E-state index is 0.252. The monoisotopic (exact) mass is 233 g/mol. The third-order valence-electron chi connectivity index (χ3n) is 2.27. The fraction of sp³-hybridized carbons (Fsp3) is 0.200. The molecule has 0 spiro atoms. The van der Waals surface area contributed by atoms with E-state index in [2.05, 4.69) is 20.3 Å². The van der Waals surface area contributed by atoms with Crippen LogP contribution >= 0.6 is 0 Å². The van der Waals surface area contributed by atoms with Crippen LogP contribution in [0, 0.1) is 0 Å². The highest BCUT2D eigenvalue weighted by atomic mass is 16.5. The number of hydrogen-bond donors (Lipinski definition) is 1. The van der Waals surface area contributed by atoms with E-state index in [-0.39, 0.29) is 11.9 Å². The number of tetrazole rings is 1. The highest BCUT2D eigenvalue weighted by Crippen LogP contribution is 2.08. The lowest BCUT2D eigenvalue weighted by Gasteiger charge is -2.03. The number of aromatic nitrogens is 4. The van der Waals surface area contributed by atoms with E-state index in [1.807, 2.05) is 0 Å². The molecule has 2 rings (SSSR count). The molecule has 0 unspecified atom stereocenters. The molecule has 0 aliphatic carbocycles. The number of carbonyl (C=O) groups is 1. The largest absolute Gasteiger partial charge is 0.465 e. The summed E-state index contributed by atoms with van der Waals surface area (Å²) in [6.07, 6.45) is 0. The van der Waals surface area contributed by atoms with E-state index in [0.717, 1.165) is 5.56 Å². The standard InChI is InChI=1S/C10H11N5O2/c1-17-9(16)8-4-2-7(3-5-8)6-15-10(11)12-13-14-15/h2-5H,6H2,1H3,(H2,11,12,14). The molecule has 0 bridgehead atoms. The Morgan fingerprint density at radius 3 is 2.65 bits per heavy atom. The van der Waals surface area contributed by atoms with Gasteiger partial charge < -0.3 is 10.5 Å². The van der Waals surface area contributed by atoms with Crippen LogP contribution in [-0.4, -0.2) is 33.3 Å². The van der Waals surface area contributed by atoms with Crippen molar-refractivity contribution >= 4 is 11.9 Å². The summed E-state index contributed by atoms with van der Waals surface area (Å²) in [4.78, 5) is 11.2. The summed E-state index contributed by atoms with van der Waals surface area (Å²) in [6, 6.07) is 6.96. The van der Waals surface area contributed by atoms with Gasteiger partial charge in [-0.3, -0.25) is 0 Å². The molecular weight excluding hydrogens is 222 g/mol. The third kappa shape index (κ3) is 2.39. The van der Waals surface area contributed by atoms with E-state index in [1.54, 1.807) is 24.3 Å². The lowest BCUT2D eigenvalue weighted by Crippen LogP contribution is -2.07. The van der Waals surface area contributed by atoms with Gasteiger partial charge >= 0.3 is 5.97 Å². The van der Waals surface area contributed by atoms with Gasteiger partial charge in [-0.2, -0.15) is 0 Å². The second-order valence-electron chi connectivity index (χ2n) is 3.38. The Morgan fingerprint density at radius 1 is 1.41 bits per heavy atom. The van der Waals surface area contributed by atoms with Gasteiger partial charge in [0.05, 0.1) is 19.2 Å². The van der Waals surface area contributed by atoms with Crippen LogP contribution in [-0.2, 0) is 11.3 Å². The Balaban J connectivity index is 2.14. The molecular formula is C10H11N5O2. The molecule has 2 aromatic rings. The smallest absolute Gasteiger partial charge is 0.337 e. The van der Waals surface area contributed by atoms with E-state index >= 15 is 0 Å². The maximum Gasteiger partial charge on any atom is 0.337 e. The van der Waals surface area contributed by atoms with Crippen LogP contribution < -0.4 is 5.73 Å². The van der Waals surface area contributed by atoms with Crippen LogP contribution in [0.3, 0.4) is 0 Å². The molecule has 88 valence electrons. The minimum atomic E-state index is -0.363. The van der Waals surface area contributed by atoms with E-state index in [4.69, 9.17) is 5.73 Å². The number of rotatable bonds is 3. The SMILES string of the molecule is COC(=O)c1ccc(Cn2nnnc2N)cc1. The lowest BCUT2D eigenvalue weighted by molar-refractivity contribution is 0.0600. The van der Waals surface area contributed by atoms with Crippen molar-refractivity contribution in [1.82, 2.24) is 20.2 Å². The summed E-state index contributed by atoms with van der Waals surface area (Å²) in [5, 5.41) is 10.7. The number of hydrogen-bond acceptors (Lipinski definition) is 6. The molecule has 0 saturated carbocycles. The van der Waals surface area contributed by atoms with Gasteiger partial charge in [0.1, 0.15) is 0 Å². The first-order valence-corrected chi connectivity index (χ1v) is 4.89. The average Bonchev–Trinajstić information content (AvgIpc) is 2.75. The fourth-order valence-corrected chi connectivity index (χ4v) is 1.36. The van der Waals surface area contributed by atoms with E-state index in [9.17, 15) is 4.79 Å². The topological polar surface area (TPSA) is 95.9 Å². The van der Waals surface area contributed by atoms with Gasteiger partial charge in [-0.05, 0) is 28.1 Å². The number of carbonyl (C=O) groups excluding carboxylic acids is 1. The quantitative estimate of drug-likeness (QED) is 0.755. The molecule has 7 nitrogen and oxygen atoms in total. The number of ether oxygens (including phenoxy) is 1. The van der Waals surface area contributed by atoms with Crippen molar-refractivity contribution in [3.05, 3.63) is 35.4 Å². The van der Waals surface area contributed by atoms with Gasteiger partial charge in [0.2, 0.25) is 5.95 Å². The van der Waals surface area contributed by atoms with Gasteiger partial charge in [-0.15, -0.1) is 0 Å². The van der Waals surface area contributed by atoms with Gasteiger partial charge in [-0.1, -0.05) is 17.2 Å². The zero-order valence-corrected chi connectivity index (χ0v) is 9.20. The van der Waals surface area contributed by atoms with Crippen LogP contribution in [0.25, 0.3) is 0 Å². The molecule has 7 heteroatoms. The van der Waals surface area contributed by atoms with Crippen molar-refractivity contribution in [1.29, 1.82) is 0 Å². The second kappa shape index (κ2) is 4.60. The van der Waals surface area contributed by atoms with Crippen LogP contribution in [0.2, 0.25) is 0 Å². The zero-order valence-electron chi connectivity index (χ0n) is 9.20. The van der Waals surface area contributed by atoms with Gasteiger partial charge in [0.25, 0.3) is 0 Å². The summed E-state index contributed by atoms with van der Waals surface area (Å²) in [7, 11) is 1.35. The predicted molar refractivity (Wildman–Crippen MR) is 59.1 cm³/mol. The summed E-state index contributed by atoms with van der Waals surface area (Å²) in [6.45, 7) is 0.459. The maximum absolute atomic E-state index is 11.2. The van der Waals surface area contributed by atoms with Gasteiger partial charge in [-0.25, -0.2) is 9.48 Å². The molecule has 0 fully saturated rings. The summed E-state index contributed by atoms with van der Waals surface area (Å²) < 4.78 is 6.07. The van der Waals surface area contributed by atoms with Gasteiger partial charge in [0, 0.05) is 0 Å². The van der Waals surface area contributed by atoms with Crippen molar-refractivity contribution in [2.75, 3.05) is 12.8 Å². The Morgan fingerprint density at radius 2 is 2.12 bits per heavy atom. The number of benzene rings is 1. The van der Waals surface area contributed by atoms with Crippen LogP contribution in [0.4, 0.5) is 5.95 Å². The van der Waals surface area contributed by atoms with Crippen molar-refractivity contribution in [3.63, 3.8) is 0 Å². The first-order valence-electron chi connectivity index (χ1n) is 4.89. The molecule has 0 saturated heterocycles. The van der Waals surface area contributed by atoms with Crippen LogP contribution in [0.1, 0.15) is 15.9 Å². The van der Waals surface area contributed by atoms with Crippen LogP contribution in [0.5, 0.6) is 0 Å². The molecule has 0 radical (unpaired) electrons. The fourth-order valence-electron chi connectivity index (χ4n) is 1.36. The van der Waals surface area contributed by atoms with E-state index in [0.29, 0.717) is 12.1 Å². The summed E-state index contributed by atoms with van der Waals surface area (Å²) in [5.41, 5.74) is 6.98. The molecule has 2 N–H and O–H groups in total. The molecule has 17 heavy (non-hydrogen) atoms. The number of nitrogen functional groups attached to an aromatic ring is 1. The maximum atomic E-state index is 11.2. The molecule has 0 amide bonds. The number of anilines is 1. The predicted octanol–water partition coefficient (Wildman–Crippen LogP) is 0.0902. The molecule has 0 atom stereocenters. The average molecular weight is 233 g/mol. The van der Waals surface area contributed by atoms with E-state index < -0.39 is 0 Å². The third-order valence-corrected chi connectivity index (χ3v) is 2.27. The molecule has 1 aromatic heterocycles. The first-order chi connectivity index (χ1) is 8.20. The van der Waals surface area contributed by atoms with E-state index in [1.165, 1.54) is 11.8 Å². The number of esters is 1. The molecule has 0 aliphatic rings. The summed E-state index contributed by atoms with van der Waals surface area (Å²) in [5.74, 6) is -0.111. The van der Waals surface area contributed by atoms with Crippen molar-refractivity contribution in [3.8, 4) is 0 Å². The molecule has 1 heterocycles. The number of methoxy groups -OCH3 is 1. The van der Waals surface area contributed by atoms with Crippen LogP contribution in [0.15, 0.2) is 24.3 Å². The Bertz CT molecular complexity index is 520. The Hall–Kier alpha value is -2.44. The summed E-state index contributed by atoms with van der Waals surface area (Å²) >= 11 is 0. The number of nitrogens with zero attached hydrogens (tertiary/aromatic N) is 4. The molecule has 0 aliphatic heterocycles. The van der Waals surface area contributed by atoms with Crippen molar-refractivity contribution in [2.24, 2.45) is 0 Å². The van der Waals surface area contributed by atoms with Gasteiger partial charge in [0.15, 0.2) is 0 Å². The first kappa shape index (κ1) is 11.1. The lowest BCUT2D eigenvalue weighted by atomic mass is 10.1. The number of nitrogens with two attached hydrogens (primary N) is 1. The minimum Gasteiger partial charge on any atom is -0.465 e. The zero-order chi connectivity index (χ0) is 12.3.